The molecule has 0 N–H and O–H groups in total. The summed E-state index contributed by atoms with van der Waals surface area (Å²) in [5.41, 5.74) is 1.43. The first-order chi connectivity index (χ1) is 14.4. The zero-order chi connectivity index (χ0) is 21.3. The minimum absolute atomic E-state index is 0.133. The summed E-state index contributed by atoms with van der Waals surface area (Å²) in [7, 11) is 0. The van der Waals surface area contributed by atoms with E-state index in [0.29, 0.717) is 37.3 Å². The van der Waals surface area contributed by atoms with Gasteiger partial charge in [0.2, 0.25) is 5.91 Å². The molecule has 4 rings (SSSR count). The SMILES string of the molecule is CC(C)(C(=O)N1CCN(CCN2C(=O)c3ccccc3C2=O)CC1)c1ccccc1. The lowest BCUT2D eigenvalue weighted by Crippen LogP contribution is -2.54. The smallest absolute Gasteiger partial charge is 0.261 e. The first-order valence-corrected chi connectivity index (χ1v) is 10.4. The summed E-state index contributed by atoms with van der Waals surface area (Å²) < 4.78 is 0. The Hall–Kier alpha value is -2.99. The van der Waals surface area contributed by atoms with Crippen molar-refractivity contribution < 1.29 is 14.4 Å². The van der Waals surface area contributed by atoms with Crippen LogP contribution in [-0.2, 0) is 10.2 Å². The van der Waals surface area contributed by atoms with Crippen LogP contribution in [0.25, 0.3) is 0 Å². The summed E-state index contributed by atoms with van der Waals surface area (Å²) in [6.45, 7) is 7.71. The predicted molar refractivity (Wildman–Crippen MR) is 114 cm³/mol. The van der Waals surface area contributed by atoms with Crippen LogP contribution in [0, 0.1) is 0 Å². The van der Waals surface area contributed by atoms with Crippen LogP contribution in [0.3, 0.4) is 0 Å². The van der Waals surface area contributed by atoms with Crippen LogP contribution in [0.1, 0.15) is 40.1 Å². The molecule has 0 unspecified atom stereocenters. The van der Waals surface area contributed by atoms with Crippen molar-refractivity contribution in [1.29, 1.82) is 0 Å². The predicted octanol–water partition coefficient (Wildman–Crippen LogP) is 2.40. The highest BCUT2D eigenvalue weighted by Crippen LogP contribution is 2.26. The van der Waals surface area contributed by atoms with Gasteiger partial charge in [-0.2, -0.15) is 0 Å². The molecule has 0 saturated carbocycles. The molecular weight excluding hydrogens is 378 g/mol. The van der Waals surface area contributed by atoms with Crippen LogP contribution >= 0.6 is 0 Å². The Balaban J connectivity index is 1.31. The molecule has 2 aromatic carbocycles. The minimum Gasteiger partial charge on any atom is -0.339 e. The van der Waals surface area contributed by atoms with Gasteiger partial charge in [0, 0.05) is 39.3 Å². The van der Waals surface area contributed by atoms with Gasteiger partial charge in [-0.15, -0.1) is 0 Å². The fraction of sp³-hybridized carbons (Fsp3) is 0.375. The van der Waals surface area contributed by atoms with Crippen LogP contribution in [0.5, 0.6) is 0 Å². The highest BCUT2D eigenvalue weighted by Gasteiger charge is 2.37. The Bertz CT molecular complexity index is 928. The van der Waals surface area contributed by atoms with Gasteiger partial charge in [0.1, 0.15) is 0 Å². The average molecular weight is 405 g/mol. The van der Waals surface area contributed by atoms with E-state index in [2.05, 4.69) is 4.90 Å². The van der Waals surface area contributed by atoms with E-state index in [1.54, 1.807) is 24.3 Å². The Kier molecular flexibility index (Phi) is 5.43. The zero-order valence-corrected chi connectivity index (χ0v) is 17.5. The van der Waals surface area contributed by atoms with Gasteiger partial charge in [0.25, 0.3) is 11.8 Å². The van der Waals surface area contributed by atoms with Gasteiger partial charge in [-0.3, -0.25) is 24.2 Å². The van der Waals surface area contributed by atoms with Crippen LogP contribution < -0.4 is 0 Å². The Morgan fingerprint density at radius 3 is 1.90 bits per heavy atom. The van der Waals surface area contributed by atoms with Crippen molar-refractivity contribution in [1.82, 2.24) is 14.7 Å². The number of hydrogen-bond donors (Lipinski definition) is 0. The molecule has 2 aliphatic heterocycles. The Morgan fingerprint density at radius 2 is 1.33 bits per heavy atom. The number of carbonyl (C=O) groups excluding carboxylic acids is 3. The van der Waals surface area contributed by atoms with Crippen molar-refractivity contribution >= 4 is 17.7 Å². The molecule has 0 bridgehead atoms. The summed E-state index contributed by atoms with van der Waals surface area (Å²) >= 11 is 0. The van der Waals surface area contributed by atoms with Gasteiger partial charge < -0.3 is 4.90 Å². The van der Waals surface area contributed by atoms with Crippen LogP contribution in [-0.4, -0.2) is 71.7 Å². The Labute approximate surface area is 177 Å². The summed E-state index contributed by atoms with van der Waals surface area (Å²) in [4.78, 5) is 43.6. The van der Waals surface area contributed by atoms with E-state index in [1.165, 1.54) is 4.90 Å². The standard InChI is InChI=1S/C24H27N3O3/c1-24(2,18-8-4-3-5-9-18)23(30)26-15-12-25(13-16-26)14-17-27-21(28)19-10-6-7-11-20(19)22(27)29/h3-11H,12-17H2,1-2H3. The third-order valence-corrected chi connectivity index (χ3v) is 6.21. The van der Waals surface area contributed by atoms with Gasteiger partial charge in [-0.05, 0) is 31.5 Å². The van der Waals surface area contributed by atoms with Gasteiger partial charge in [0.15, 0.2) is 0 Å². The first-order valence-electron chi connectivity index (χ1n) is 10.4. The molecule has 2 heterocycles. The summed E-state index contributed by atoms with van der Waals surface area (Å²) in [5.74, 6) is -0.295. The number of amides is 3. The lowest BCUT2D eigenvalue weighted by atomic mass is 9.83. The molecule has 1 fully saturated rings. The van der Waals surface area contributed by atoms with E-state index in [1.807, 2.05) is 49.1 Å². The fourth-order valence-corrected chi connectivity index (χ4v) is 4.23. The number of piperazine rings is 1. The van der Waals surface area contributed by atoms with Crippen LogP contribution in [0.4, 0.5) is 0 Å². The van der Waals surface area contributed by atoms with Crippen molar-refractivity contribution in [3.63, 3.8) is 0 Å². The molecule has 0 spiro atoms. The Morgan fingerprint density at radius 1 is 0.800 bits per heavy atom. The second-order valence-electron chi connectivity index (χ2n) is 8.43. The number of carbonyl (C=O) groups is 3. The average Bonchev–Trinajstić information content (AvgIpc) is 3.03. The molecule has 6 heteroatoms. The molecule has 6 nitrogen and oxygen atoms in total. The van der Waals surface area contributed by atoms with Crippen molar-refractivity contribution in [2.45, 2.75) is 19.3 Å². The molecule has 3 amide bonds. The highest BCUT2D eigenvalue weighted by molar-refractivity contribution is 6.21. The molecule has 0 atom stereocenters. The molecule has 0 radical (unpaired) electrons. The third-order valence-electron chi connectivity index (χ3n) is 6.21. The third kappa shape index (κ3) is 3.63. The molecule has 156 valence electrons. The monoisotopic (exact) mass is 405 g/mol. The van der Waals surface area contributed by atoms with E-state index < -0.39 is 5.41 Å². The quantitative estimate of drug-likeness (QED) is 0.717. The maximum Gasteiger partial charge on any atom is 0.261 e. The van der Waals surface area contributed by atoms with Crippen molar-refractivity contribution in [2.24, 2.45) is 0 Å². The second-order valence-corrected chi connectivity index (χ2v) is 8.43. The van der Waals surface area contributed by atoms with Gasteiger partial charge >= 0.3 is 0 Å². The molecule has 30 heavy (non-hydrogen) atoms. The molecular formula is C24H27N3O3. The maximum absolute atomic E-state index is 13.1. The van der Waals surface area contributed by atoms with Gasteiger partial charge in [-0.25, -0.2) is 0 Å². The number of rotatable bonds is 5. The molecule has 1 saturated heterocycles. The first kappa shape index (κ1) is 20.3. The number of imide groups is 1. The van der Waals surface area contributed by atoms with Gasteiger partial charge in [-0.1, -0.05) is 42.5 Å². The van der Waals surface area contributed by atoms with E-state index in [9.17, 15) is 14.4 Å². The largest absolute Gasteiger partial charge is 0.339 e. The van der Waals surface area contributed by atoms with E-state index in [-0.39, 0.29) is 17.7 Å². The van der Waals surface area contributed by atoms with E-state index in [4.69, 9.17) is 0 Å². The number of hydrogen-bond acceptors (Lipinski definition) is 4. The number of nitrogens with zero attached hydrogens (tertiary/aromatic N) is 3. The van der Waals surface area contributed by atoms with E-state index >= 15 is 0 Å². The van der Waals surface area contributed by atoms with Crippen LogP contribution in [0.2, 0.25) is 0 Å². The highest BCUT2D eigenvalue weighted by atomic mass is 16.2. The van der Waals surface area contributed by atoms with E-state index in [0.717, 1.165) is 18.7 Å². The van der Waals surface area contributed by atoms with Crippen molar-refractivity contribution in [3.8, 4) is 0 Å². The second kappa shape index (κ2) is 8.03. The maximum atomic E-state index is 13.1. The van der Waals surface area contributed by atoms with Gasteiger partial charge in [0.05, 0.1) is 16.5 Å². The number of fused-ring (bicyclic) bond motifs is 1. The molecule has 0 aromatic heterocycles. The summed E-state index contributed by atoms with van der Waals surface area (Å²) in [6.07, 6.45) is 0. The zero-order valence-electron chi connectivity index (χ0n) is 17.5. The van der Waals surface area contributed by atoms with Crippen LogP contribution in [0.15, 0.2) is 54.6 Å². The summed E-state index contributed by atoms with van der Waals surface area (Å²) in [6, 6.07) is 16.8. The topological polar surface area (TPSA) is 60.9 Å². The number of benzene rings is 2. The molecule has 2 aromatic rings. The molecule has 0 aliphatic carbocycles. The van der Waals surface area contributed by atoms with Crippen molar-refractivity contribution in [3.05, 3.63) is 71.3 Å². The fourth-order valence-electron chi connectivity index (χ4n) is 4.23. The summed E-state index contributed by atoms with van der Waals surface area (Å²) in [5, 5.41) is 0. The normalized spacial score (nSPS) is 17.4. The molecule has 2 aliphatic rings. The lowest BCUT2D eigenvalue weighted by molar-refractivity contribution is -0.138. The lowest BCUT2D eigenvalue weighted by Gasteiger charge is -2.39. The minimum atomic E-state index is -0.566. The van der Waals surface area contributed by atoms with Crippen molar-refractivity contribution in [2.75, 3.05) is 39.3 Å².